The summed E-state index contributed by atoms with van der Waals surface area (Å²) >= 11 is 0. The van der Waals surface area contributed by atoms with Crippen LogP contribution in [0.5, 0.6) is 17.2 Å². The molecule has 1 amide bonds. The van der Waals surface area contributed by atoms with Crippen LogP contribution in [0.1, 0.15) is 48.3 Å². The molecule has 2 N–H and O–H groups in total. The normalized spacial score (nSPS) is 18.0. The molecule has 3 aromatic rings. The van der Waals surface area contributed by atoms with Gasteiger partial charge in [-0.15, -0.1) is 0 Å². The van der Waals surface area contributed by atoms with Gasteiger partial charge in [-0.3, -0.25) is 19.7 Å². The highest BCUT2D eigenvalue weighted by Gasteiger charge is 2.41. The topological polar surface area (TPSA) is 129 Å². The zero-order valence-corrected chi connectivity index (χ0v) is 24.6. The number of rotatable bonds is 8. The maximum absolute atomic E-state index is 14.0. The Balaban J connectivity index is 1.58. The molecule has 0 saturated carbocycles. The summed E-state index contributed by atoms with van der Waals surface area (Å²) in [5, 5.41) is 18.1. The Morgan fingerprint density at radius 3 is 2.26 bits per heavy atom. The standard InChI is InChI=1S/C33H33N3O7/c1-18-6-7-21(15-26(18)36(39)40)31-30(33(38)35-23-9-11-24(41-3)12-10-23)19(2)34-25-14-22(16-27(37)32(25)31)20-8-13-28(42-4)29(17-20)43-5/h6-13,15,17,22,31,34H,14,16H2,1-5H3,(H,35,38)/t22-,31+/m1/s1. The van der Waals surface area contributed by atoms with Crippen LogP contribution in [0.2, 0.25) is 0 Å². The van der Waals surface area contributed by atoms with E-state index in [9.17, 15) is 19.7 Å². The Morgan fingerprint density at radius 2 is 1.60 bits per heavy atom. The van der Waals surface area contributed by atoms with Gasteiger partial charge in [0.15, 0.2) is 17.3 Å². The lowest BCUT2D eigenvalue weighted by Crippen LogP contribution is -2.37. The van der Waals surface area contributed by atoms with Crippen LogP contribution >= 0.6 is 0 Å². The quantitative estimate of drug-likeness (QED) is 0.247. The summed E-state index contributed by atoms with van der Waals surface area (Å²) < 4.78 is 16.1. The van der Waals surface area contributed by atoms with Gasteiger partial charge in [-0.1, -0.05) is 18.2 Å². The first-order valence-electron chi connectivity index (χ1n) is 13.8. The molecule has 43 heavy (non-hydrogen) atoms. The number of benzene rings is 3. The number of allylic oxidation sites excluding steroid dienone is 3. The molecule has 0 aromatic heterocycles. The Bertz CT molecular complexity index is 1670. The third-order valence-corrected chi connectivity index (χ3v) is 8.06. The number of hydrogen-bond donors (Lipinski definition) is 2. The van der Waals surface area contributed by atoms with E-state index in [0.29, 0.717) is 63.0 Å². The molecule has 0 saturated heterocycles. The lowest BCUT2D eigenvalue weighted by atomic mass is 9.71. The first-order valence-corrected chi connectivity index (χ1v) is 13.8. The van der Waals surface area contributed by atoms with Crippen LogP contribution in [0.15, 0.2) is 83.2 Å². The van der Waals surface area contributed by atoms with E-state index in [-0.39, 0.29) is 23.8 Å². The van der Waals surface area contributed by atoms with Crippen LogP contribution in [-0.2, 0) is 9.59 Å². The second-order valence-electron chi connectivity index (χ2n) is 10.6. The lowest BCUT2D eigenvalue weighted by Gasteiger charge is -2.37. The smallest absolute Gasteiger partial charge is 0.272 e. The summed E-state index contributed by atoms with van der Waals surface area (Å²) in [6.45, 7) is 3.44. The Morgan fingerprint density at radius 1 is 0.907 bits per heavy atom. The number of Topliss-reactive ketones (excluding diaryl/α,β-unsaturated/α-hetero) is 1. The monoisotopic (exact) mass is 583 g/mol. The maximum atomic E-state index is 14.0. The molecule has 2 aliphatic rings. The Kier molecular flexibility index (Phi) is 8.20. The summed E-state index contributed by atoms with van der Waals surface area (Å²) in [5.74, 6) is 0.318. The van der Waals surface area contributed by atoms with Gasteiger partial charge in [-0.25, -0.2) is 0 Å². The molecule has 3 aromatic carbocycles. The molecule has 0 bridgehead atoms. The number of aryl methyl sites for hydroxylation is 1. The van der Waals surface area contributed by atoms with Crippen molar-refractivity contribution < 1.29 is 28.7 Å². The summed E-state index contributed by atoms with van der Waals surface area (Å²) in [5.41, 5.74) is 4.42. The van der Waals surface area contributed by atoms with E-state index in [1.54, 1.807) is 71.6 Å². The number of dihydropyridines is 1. The zero-order valence-electron chi connectivity index (χ0n) is 24.6. The number of methoxy groups -OCH3 is 3. The average molecular weight is 584 g/mol. The first-order chi connectivity index (χ1) is 20.6. The van der Waals surface area contributed by atoms with Crippen LogP contribution in [0.4, 0.5) is 11.4 Å². The minimum Gasteiger partial charge on any atom is -0.497 e. The third kappa shape index (κ3) is 5.68. The number of ketones is 1. The van der Waals surface area contributed by atoms with Gasteiger partial charge in [0.25, 0.3) is 11.6 Å². The van der Waals surface area contributed by atoms with Crippen LogP contribution in [-0.4, -0.2) is 37.9 Å². The molecule has 0 radical (unpaired) electrons. The second-order valence-corrected chi connectivity index (χ2v) is 10.6. The number of carbonyl (C=O) groups excluding carboxylic acids is 2. The van der Waals surface area contributed by atoms with E-state index in [1.807, 2.05) is 18.2 Å². The second kappa shape index (κ2) is 12.0. The SMILES string of the molecule is COc1ccc(NC(=O)C2=C(C)NC3=C(C(=O)C[C@H](c4ccc(OC)c(OC)c4)C3)[C@H]2c2ccc(C)c([N+](=O)[O-])c2)cc1. The van der Waals surface area contributed by atoms with E-state index in [4.69, 9.17) is 14.2 Å². The molecule has 2 atom stereocenters. The fourth-order valence-corrected chi connectivity index (χ4v) is 5.89. The summed E-state index contributed by atoms with van der Waals surface area (Å²) in [7, 11) is 4.69. The molecule has 0 unspecified atom stereocenters. The lowest BCUT2D eigenvalue weighted by molar-refractivity contribution is -0.385. The largest absolute Gasteiger partial charge is 0.497 e. The van der Waals surface area contributed by atoms with Gasteiger partial charge in [0.05, 0.1) is 26.3 Å². The van der Waals surface area contributed by atoms with Crippen LogP contribution in [0.25, 0.3) is 0 Å². The van der Waals surface area contributed by atoms with Crippen molar-refractivity contribution in [2.45, 2.75) is 38.5 Å². The molecule has 1 heterocycles. The number of nitro benzene ring substituents is 1. The molecule has 0 fully saturated rings. The van der Waals surface area contributed by atoms with E-state index in [2.05, 4.69) is 10.6 Å². The van der Waals surface area contributed by atoms with E-state index in [0.717, 1.165) is 5.56 Å². The van der Waals surface area contributed by atoms with E-state index >= 15 is 0 Å². The highest BCUT2D eigenvalue weighted by atomic mass is 16.6. The van der Waals surface area contributed by atoms with Gasteiger partial charge >= 0.3 is 0 Å². The van der Waals surface area contributed by atoms with Gasteiger partial charge < -0.3 is 24.8 Å². The van der Waals surface area contributed by atoms with Crippen molar-refractivity contribution in [1.29, 1.82) is 0 Å². The van der Waals surface area contributed by atoms with Crippen molar-refractivity contribution in [2.24, 2.45) is 0 Å². The fraction of sp³-hybridized carbons (Fsp3) is 0.273. The molecule has 0 spiro atoms. The number of nitro groups is 1. The predicted octanol–water partition coefficient (Wildman–Crippen LogP) is 5.93. The fourth-order valence-electron chi connectivity index (χ4n) is 5.89. The van der Waals surface area contributed by atoms with Gasteiger partial charge in [-0.2, -0.15) is 0 Å². The molecule has 1 aliphatic carbocycles. The van der Waals surface area contributed by atoms with E-state index < -0.39 is 16.7 Å². The van der Waals surface area contributed by atoms with Crippen LogP contribution < -0.4 is 24.8 Å². The molecular formula is C33H33N3O7. The van der Waals surface area contributed by atoms with Gasteiger partial charge in [-0.05, 0) is 73.7 Å². The van der Waals surface area contributed by atoms with Crippen molar-refractivity contribution in [3.05, 3.63) is 110 Å². The van der Waals surface area contributed by atoms with Crippen molar-refractivity contribution in [1.82, 2.24) is 5.32 Å². The number of anilines is 1. The minimum atomic E-state index is -0.798. The predicted molar refractivity (Wildman–Crippen MR) is 162 cm³/mol. The van der Waals surface area contributed by atoms with Crippen LogP contribution in [0, 0.1) is 17.0 Å². The highest BCUT2D eigenvalue weighted by molar-refractivity contribution is 6.10. The maximum Gasteiger partial charge on any atom is 0.272 e. The van der Waals surface area contributed by atoms with Gasteiger partial charge in [0, 0.05) is 52.2 Å². The van der Waals surface area contributed by atoms with E-state index in [1.165, 1.54) is 6.07 Å². The van der Waals surface area contributed by atoms with Crippen molar-refractivity contribution in [2.75, 3.05) is 26.6 Å². The average Bonchev–Trinajstić information content (AvgIpc) is 3.00. The minimum absolute atomic E-state index is 0.0720. The number of carbonyl (C=O) groups is 2. The highest BCUT2D eigenvalue weighted by Crippen LogP contribution is 2.47. The Hall–Kier alpha value is -5.12. The summed E-state index contributed by atoms with van der Waals surface area (Å²) in [6, 6.07) is 17.4. The zero-order chi connectivity index (χ0) is 30.8. The number of hydrogen-bond acceptors (Lipinski definition) is 8. The summed E-state index contributed by atoms with van der Waals surface area (Å²) in [6.07, 6.45) is 0.707. The van der Waals surface area contributed by atoms with Crippen molar-refractivity contribution >= 4 is 23.1 Å². The number of ether oxygens (including phenoxy) is 3. The molecule has 1 aliphatic heterocycles. The third-order valence-electron chi connectivity index (χ3n) is 8.06. The Labute approximate surface area is 249 Å². The van der Waals surface area contributed by atoms with Crippen molar-refractivity contribution in [3.63, 3.8) is 0 Å². The summed E-state index contributed by atoms with van der Waals surface area (Å²) in [4.78, 5) is 39.3. The molecule has 10 heteroatoms. The molecule has 222 valence electrons. The number of nitrogens with zero attached hydrogens (tertiary/aromatic N) is 1. The molecule has 10 nitrogen and oxygen atoms in total. The molecule has 5 rings (SSSR count). The van der Waals surface area contributed by atoms with Gasteiger partial charge in [0.2, 0.25) is 0 Å². The number of nitrogens with one attached hydrogen (secondary N) is 2. The molecular weight excluding hydrogens is 550 g/mol. The van der Waals surface area contributed by atoms with Crippen LogP contribution in [0.3, 0.4) is 0 Å². The number of amides is 1. The van der Waals surface area contributed by atoms with Crippen molar-refractivity contribution in [3.8, 4) is 17.2 Å². The van der Waals surface area contributed by atoms with Gasteiger partial charge in [0.1, 0.15) is 5.75 Å². The first kappa shape index (κ1) is 29.4.